The number of thioether (sulfide) groups is 1. The van der Waals surface area contributed by atoms with Crippen molar-refractivity contribution in [1.82, 2.24) is 5.32 Å². The maximum atomic E-state index is 5.93. The van der Waals surface area contributed by atoms with Crippen molar-refractivity contribution in [3.8, 4) is 11.5 Å². The largest absolute Gasteiger partial charge is 0.497 e. The number of rotatable bonds is 6. The molecule has 1 saturated heterocycles. The van der Waals surface area contributed by atoms with Gasteiger partial charge in [0.05, 0.1) is 33.0 Å². The van der Waals surface area contributed by atoms with Crippen LogP contribution in [0.4, 0.5) is 0 Å². The standard InChI is InChI=1S/C15H23NO3S/c1-4-16-15(14-10-20-6-5-19-14)11-7-12(17-2)9-13(8-11)18-3/h7-9,14-16H,4-6,10H2,1-3H3. The van der Waals surface area contributed by atoms with E-state index in [0.29, 0.717) is 0 Å². The van der Waals surface area contributed by atoms with Gasteiger partial charge in [0.2, 0.25) is 0 Å². The van der Waals surface area contributed by atoms with Crippen molar-refractivity contribution >= 4 is 11.8 Å². The number of nitrogens with one attached hydrogen (secondary N) is 1. The summed E-state index contributed by atoms with van der Waals surface area (Å²) in [6.07, 6.45) is 0.186. The Labute approximate surface area is 125 Å². The second-order valence-corrected chi connectivity index (χ2v) is 5.82. The lowest BCUT2D eigenvalue weighted by Crippen LogP contribution is -2.38. The van der Waals surface area contributed by atoms with Crippen LogP contribution in [0.2, 0.25) is 0 Å². The van der Waals surface area contributed by atoms with Crippen LogP contribution >= 0.6 is 11.8 Å². The Morgan fingerprint density at radius 2 is 2.00 bits per heavy atom. The van der Waals surface area contributed by atoms with Crippen LogP contribution in [0, 0.1) is 0 Å². The van der Waals surface area contributed by atoms with Gasteiger partial charge in [0, 0.05) is 17.6 Å². The molecular weight excluding hydrogens is 274 g/mol. The zero-order valence-electron chi connectivity index (χ0n) is 12.3. The molecular formula is C15H23NO3S. The summed E-state index contributed by atoms with van der Waals surface area (Å²) < 4.78 is 16.6. The smallest absolute Gasteiger partial charge is 0.122 e. The van der Waals surface area contributed by atoms with E-state index in [2.05, 4.69) is 24.4 Å². The highest BCUT2D eigenvalue weighted by molar-refractivity contribution is 7.99. The van der Waals surface area contributed by atoms with Gasteiger partial charge in [-0.3, -0.25) is 0 Å². The van der Waals surface area contributed by atoms with E-state index in [9.17, 15) is 0 Å². The maximum absolute atomic E-state index is 5.93. The minimum Gasteiger partial charge on any atom is -0.497 e. The van der Waals surface area contributed by atoms with Gasteiger partial charge < -0.3 is 19.5 Å². The number of hydrogen-bond acceptors (Lipinski definition) is 5. The van der Waals surface area contributed by atoms with Crippen molar-refractivity contribution in [3.63, 3.8) is 0 Å². The first-order valence-electron chi connectivity index (χ1n) is 6.94. The van der Waals surface area contributed by atoms with E-state index in [0.717, 1.165) is 41.7 Å². The van der Waals surface area contributed by atoms with Gasteiger partial charge in [-0.2, -0.15) is 11.8 Å². The van der Waals surface area contributed by atoms with Crippen LogP contribution in [-0.2, 0) is 4.74 Å². The monoisotopic (exact) mass is 297 g/mol. The van der Waals surface area contributed by atoms with E-state index in [4.69, 9.17) is 14.2 Å². The van der Waals surface area contributed by atoms with E-state index in [1.165, 1.54) is 0 Å². The minimum absolute atomic E-state index is 0.164. The Morgan fingerprint density at radius 3 is 2.50 bits per heavy atom. The molecule has 1 fully saturated rings. The third-order valence-corrected chi connectivity index (χ3v) is 4.39. The average Bonchev–Trinajstić information content (AvgIpc) is 2.52. The van der Waals surface area contributed by atoms with Gasteiger partial charge in [0.1, 0.15) is 11.5 Å². The molecule has 2 unspecified atom stereocenters. The molecule has 2 rings (SSSR count). The minimum atomic E-state index is 0.164. The molecule has 0 spiro atoms. The van der Waals surface area contributed by atoms with Gasteiger partial charge in [-0.1, -0.05) is 6.92 Å². The number of benzene rings is 1. The Hall–Kier alpha value is -0.910. The van der Waals surface area contributed by atoms with Crippen molar-refractivity contribution in [2.24, 2.45) is 0 Å². The summed E-state index contributed by atoms with van der Waals surface area (Å²) in [5.41, 5.74) is 1.15. The molecule has 1 aliphatic rings. The first kappa shape index (κ1) is 15.5. The summed E-state index contributed by atoms with van der Waals surface area (Å²) in [7, 11) is 3.35. The highest BCUT2D eigenvalue weighted by Crippen LogP contribution is 2.31. The van der Waals surface area contributed by atoms with E-state index >= 15 is 0 Å². The summed E-state index contributed by atoms with van der Waals surface area (Å²) in [4.78, 5) is 0. The number of hydrogen-bond donors (Lipinski definition) is 1. The van der Waals surface area contributed by atoms with E-state index in [1.807, 2.05) is 17.8 Å². The molecule has 4 nitrogen and oxygen atoms in total. The fourth-order valence-electron chi connectivity index (χ4n) is 2.39. The summed E-state index contributed by atoms with van der Waals surface area (Å²) in [6, 6.07) is 6.16. The van der Waals surface area contributed by atoms with Crippen LogP contribution in [-0.4, -0.2) is 45.0 Å². The fraction of sp³-hybridized carbons (Fsp3) is 0.600. The van der Waals surface area contributed by atoms with Gasteiger partial charge >= 0.3 is 0 Å². The van der Waals surface area contributed by atoms with Gasteiger partial charge in [-0.25, -0.2) is 0 Å². The van der Waals surface area contributed by atoms with Crippen LogP contribution in [0.1, 0.15) is 18.5 Å². The molecule has 1 aliphatic heterocycles. The lowest BCUT2D eigenvalue weighted by atomic mass is 10.0. The summed E-state index contributed by atoms with van der Waals surface area (Å²) in [5, 5.41) is 3.52. The first-order valence-corrected chi connectivity index (χ1v) is 8.09. The normalized spacial score (nSPS) is 20.4. The Balaban J connectivity index is 2.27. The molecule has 0 aliphatic carbocycles. The molecule has 112 valence electrons. The molecule has 0 saturated carbocycles. The molecule has 1 aromatic carbocycles. The van der Waals surface area contributed by atoms with Crippen molar-refractivity contribution in [2.45, 2.75) is 19.1 Å². The molecule has 1 aromatic rings. The lowest BCUT2D eigenvalue weighted by Gasteiger charge is -2.31. The van der Waals surface area contributed by atoms with Crippen LogP contribution < -0.4 is 14.8 Å². The number of methoxy groups -OCH3 is 2. The molecule has 1 heterocycles. The van der Waals surface area contributed by atoms with E-state index in [1.54, 1.807) is 14.2 Å². The Morgan fingerprint density at radius 1 is 1.30 bits per heavy atom. The zero-order valence-corrected chi connectivity index (χ0v) is 13.2. The van der Waals surface area contributed by atoms with E-state index < -0.39 is 0 Å². The molecule has 1 N–H and O–H groups in total. The summed E-state index contributed by atoms with van der Waals surface area (Å²) >= 11 is 1.94. The van der Waals surface area contributed by atoms with Gasteiger partial charge in [-0.15, -0.1) is 0 Å². The Bertz CT molecular complexity index is 399. The van der Waals surface area contributed by atoms with Crippen LogP contribution in [0.15, 0.2) is 18.2 Å². The summed E-state index contributed by atoms with van der Waals surface area (Å²) in [5.74, 6) is 3.71. The second-order valence-electron chi connectivity index (χ2n) is 4.67. The van der Waals surface area contributed by atoms with Crippen LogP contribution in [0.3, 0.4) is 0 Å². The Kier molecular flexibility index (Phi) is 6.01. The van der Waals surface area contributed by atoms with Crippen molar-refractivity contribution in [1.29, 1.82) is 0 Å². The highest BCUT2D eigenvalue weighted by atomic mass is 32.2. The van der Waals surface area contributed by atoms with Crippen molar-refractivity contribution in [3.05, 3.63) is 23.8 Å². The van der Waals surface area contributed by atoms with E-state index in [-0.39, 0.29) is 12.1 Å². The lowest BCUT2D eigenvalue weighted by molar-refractivity contribution is 0.0471. The first-order chi connectivity index (χ1) is 9.78. The average molecular weight is 297 g/mol. The molecule has 0 radical (unpaired) electrons. The molecule has 0 aromatic heterocycles. The topological polar surface area (TPSA) is 39.7 Å². The second kappa shape index (κ2) is 7.76. The maximum Gasteiger partial charge on any atom is 0.122 e. The SMILES string of the molecule is CCNC(c1cc(OC)cc(OC)c1)C1CSCCO1. The molecule has 2 atom stereocenters. The van der Waals surface area contributed by atoms with Crippen LogP contribution in [0.25, 0.3) is 0 Å². The number of ether oxygens (including phenoxy) is 3. The number of likely N-dealkylation sites (N-methyl/N-ethyl adjacent to an activating group) is 1. The summed E-state index contributed by atoms with van der Waals surface area (Å²) in [6.45, 7) is 3.83. The van der Waals surface area contributed by atoms with Gasteiger partial charge in [-0.05, 0) is 24.2 Å². The quantitative estimate of drug-likeness (QED) is 0.873. The molecule has 20 heavy (non-hydrogen) atoms. The third-order valence-electron chi connectivity index (χ3n) is 3.37. The predicted molar refractivity (Wildman–Crippen MR) is 83.0 cm³/mol. The van der Waals surface area contributed by atoms with Gasteiger partial charge in [0.25, 0.3) is 0 Å². The van der Waals surface area contributed by atoms with Crippen molar-refractivity contribution < 1.29 is 14.2 Å². The van der Waals surface area contributed by atoms with Crippen LogP contribution in [0.5, 0.6) is 11.5 Å². The molecule has 5 heteroatoms. The predicted octanol–water partition coefficient (Wildman–Crippen LogP) is 2.49. The molecule has 0 bridgehead atoms. The third kappa shape index (κ3) is 3.81. The fourth-order valence-corrected chi connectivity index (χ4v) is 3.29. The van der Waals surface area contributed by atoms with Gasteiger partial charge in [0.15, 0.2) is 0 Å². The highest BCUT2D eigenvalue weighted by Gasteiger charge is 2.26. The van der Waals surface area contributed by atoms with Crippen molar-refractivity contribution in [2.75, 3.05) is 38.9 Å². The molecule has 0 amide bonds. The zero-order chi connectivity index (χ0) is 14.4.